The lowest BCUT2D eigenvalue weighted by molar-refractivity contribution is 0.413. The van der Waals surface area contributed by atoms with E-state index in [0.717, 1.165) is 56.8 Å². The lowest BCUT2D eigenvalue weighted by atomic mass is 9.96. The maximum atomic E-state index is 6.44. The second kappa shape index (κ2) is 11.5. The Labute approximate surface area is 256 Å². The number of ether oxygens (including phenoxy) is 2. The van der Waals surface area contributed by atoms with Crippen molar-refractivity contribution in [1.82, 2.24) is 14.9 Å². The van der Waals surface area contributed by atoms with Crippen molar-refractivity contribution in [2.75, 3.05) is 12.0 Å². The van der Waals surface area contributed by atoms with Gasteiger partial charge in [-0.05, 0) is 123 Å². The Kier molecular flexibility index (Phi) is 7.62. The monoisotopic (exact) mass is 594 g/mol. The zero-order chi connectivity index (χ0) is 29.4. The number of nitrogens with zero attached hydrogens (tertiary/aromatic N) is 3. The van der Waals surface area contributed by atoms with E-state index >= 15 is 0 Å². The summed E-state index contributed by atoms with van der Waals surface area (Å²) in [6.07, 6.45) is 1.82. The number of hydrogen-bond acceptors (Lipinski definition) is 4. The summed E-state index contributed by atoms with van der Waals surface area (Å²) in [6, 6.07) is 29.5. The predicted molar refractivity (Wildman–Crippen MR) is 172 cm³/mol. The van der Waals surface area contributed by atoms with E-state index in [-0.39, 0.29) is 12.1 Å². The minimum absolute atomic E-state index is 0.139. The van der Waals surface area contributed by atoms with E-state index in [2.05, 4.69) is 47.7 Å². The number of halogens is 1. The van der Waals surface area contributed by atoms with Gasteiger partial charge in [-0.15, -0.1) is 0 Å². The molecular weight excluding hydrogens is 564 g/mol. The minimum atomic E-state index is -0.150. The first-order valence-corrected chi connectivity index (χ1v) is 14.5. The lowest BCUT2D eigenvalue weighted by Crippen LogP contribution is -2.29. The van der Waals surface area contributed by atoms with Gasteiger partial charge in [-0.1, -0.05) is 23.7 Å². The summed E-state index contributed by atoms with van der Waals surface area (Å²) >= 11 is 12.4. The zero-order valence-electron chi connectivity index (χ0n) is 23.8. The van der Waals surface area contributed by atoms with Gasteiger partial charge in [0.25, 0.3) is 0 Å². The van der Waals surface area contributed by atoms with Crippen LogP contribution in [-0.4, -0.2) is 21.8 Å². The topological polar surface area (TPSA) is 51.6 Å². The van der Waals surface area contributed by atoms with Crippen molar-refractivity contribution in [3.63, 3.8) is 0 Å². The summed E-state index contributed by atoms with van der Waals surface area (Å²) < 4.78 is 13.6. The summed E-state index contributed by atoms with van der Waals surface area (Å²) in [5.41, 5.74) is 7.51. The molecule has 0 saturated carbocycles. The smallest absolute Gasteiger partial charge is 0.174 e. The highest BCUT2D eigenvalue weighted by atomic mass is 35.5. The van der Waals surface area contributed by atoms with E-state index in [1.165, 1.54) is 0 Å². The van der Waals surface area contributed by atoms with Crippen LogP contribution in [0.15, 0.2) is 97.2 Å². The molecule has 5 aromatic rings. The molecule has 1 saturated heterocycles. The van der Waals surface area contributed by atoms with E-state index in [4.69, 9.17) is 38.3 Å². The molecule has 0 bridgehead atoms. The number of thiocarbonyl (C=S) groups is 1. The zero-order valence-corrected chi connectivity index (χ0v) is 25.4. The number of methoxy groups -OCH3 is 1. The highest BCUT2D eigenvalue weighted by molar-refractivity contribution is 7.80. The van der Waals surface area contributed by atoms with Crippen LogP contribution in [0.5, 0.6) is 17.2 Å². The van der Waals surface area contributed by atoms with Gasteiger partial charge in [0.05, 0.1) is 24.9 Å². The summed E-state index contributed by atoms with van der Waals surface area (Å²) in [7, 11) is 1.65. The Balaban J connectivity index is 1.40. The van der Waals surface area contributed by atoms with Crippen LogP contribution in [-0.2, 0) is 0 Å². The molecule has 0 spiro atoms. The van der Waals surface area contributed by atoms with Crippen LogP contribution >= 0.6 is 23.8 Å². The molecular formula is C34H31ClN4O2S. The van der Waals surface area contributed by atoms with Crippen molar-refractivity contribution in [2.24, 2.45) is 0 Å². The van der Waals surface area contributed by atoms with Crippen molar-refractivity contribution < 1.29 is 9.47 Å². The van der Waals surface area contributed by atoms with Crippen LogP contribution in [0.4, 0.5) is 5.69 Å². The normalized spacial score (nSPS) is 16.4. The molecule has 0 aliphatic carbocycles. The van der Waals surface area contributed by atoms with Crippen molar-refractivity contribution in [1.29, 1.82) is 0 Å². The first kappa shape index (κ1) is 27.8. The molecule has 0 radical (unpaired) electrons. The van der Waals surface area contributed by atoms with E-state index in [1.54, 1.807) is 7.11 Å². The highest BCUT2D eigenvalue weighted by Crippen LogP contribution is 2.44. The standard InChI is InChI=1S/C34H31ClN4O2S/c1-21-8-9-24(35)20-31(21)38-22(2)19-29(23(38)3)33-32(30-7-5-6-18-36-30)37-34(42)39(33)25-10-12-27(13-11-25)41-28-16-14-26(40-4)15-17-28/h5-20,32-33H,1-4H3,(H,37,42)/t32-,33+/m1/s1. The molecule has 3 heterocycles. The summed E-state index contributed by atoms with van der Waals surface area (Å²) in [4.78, 5) is 6.90. The van der Waals surface area contributed by atoms with E-state index in [9.17, 15) is 0 Å². The van der Waals surface area contributed by atoms with E-state index < -0.39 is 0 Å². The molecule has 1 aliphatic rings. The SMILES string of the molecule is COc1ccc(Oc2ccc(N3C(=S)N[C@H](c4ccccn4)[C@@H]3c3cc(C)n(-c4cc(Cl)ccc4C)c3C)cc2)cc1. The number of anilines is 1. The molecule has 1 aliphatic heterocycles. The van der Waals surface area contributed by atoms with Crippen molar-refractivity contribution in [3.8, 4) is 22.9 Å². The number of nitrogens with one attached hydrogen (secondary N) is 1. The highest BCUT2D eigenvalue weighted by Gasteiger charge is 2.42. The van der Waals surface area contributed by atoms with Gasteiger partial charge < -0.3 is 24.3 Å². The number of benzene rings is 3. The summed E-state index contributed by atoms with van der Waals surface area (Å²) in [5.74, 6) is 2.25. The number of aryl methyl sites for hydroxylation is 2. The molecule has 3 aromatic carbocycles. The van der Waals surface area contributed by atoms with Gasteiger partial charge in [0, 0.05) is 34.0 Å². The number of aromatic nitrogens is 2. The fraction of sp³-hybridized carbons (Fsp3) is 0.176. The fourth-order valence-corrected chi connectivity index (χ4v) is 6.20. The summed E-state index contributed by atoms with van der Waals surface area (Å²) in [6.45, 7) is 6.39. The van der Waals surface area contributed by atoms with Gasteiger partial charge in [-0.3, -0.25) is 4.98 Å². The van der Waals surface area contributed by atoms with E-state index in [0.29, 0.717) is 10.1 Å². The number of rotatable bonds is 7. The van der Waals surface area contributed by atoms with Gasteiger partial charge in [0.2, 0.25) is 0 Å². The third-order valence-corrected chi connectivity index (χ3v) is 8.26. The Morgan fingerprint density at radius 3 is 2.21 bits per heavy atom. The molecule has 1 N–H and O–H groups in total. The van der Waals surface area contributed by atoms with Gasteiger partial charge in [0.1, 0.15) is 17.2 Å². The molecule has 212 valence electrons. The van der Waals surface area contributed by atoms with E-state index in [1.807, 2.05) is 85.1 Å². The first-order valence-electron chi connectivity index (χ1n) is 13.7. The third kappa shape index (κ3) is 5.22. The average Bonchev–Trinajstić information content (AvgIpc) is 3.50. The first-order chi connectivity index (χ1) is 20.3. The minimum Gasteiger partial charge on any atom is -0.497 e. The van der Waals surface area contributed by atoms with Crippen molar-refractivity contribution >= 4 is 34.6 Å². The Hall–Kier alpha value is -4.33. The van der Waals surface area contributed by atoms with Crippen LogP contribution < -0.4 is 19.7 Å². The molecule has 0 unspecified atom stereocenters. The van der Waals surface area contributed by atoms with Crippen molar-refractivity contribution in [3.05, 3.63) is 130 Å². The molecule has 6 nitrogen and oxygen atoms in total. The quantitative estimate of drug-likeness (QED) is 0.191. The number of pyridine rings is 1. The predicted octanol–water partition coefficient (Wildman–Crippen LogP) is 8.43. The van der Waals surface area contributed by atoms with Crippen LogP contribution in [0, 0.1) is 20.8 Å². The van der Waals surface area contributed by atoms with Gasteiger partial charge in [0.15, 0.2) is 5.11 Å². The Bertz CT molecular complexity index is 1740. The van der Waals surface area contributed by atoms with Gasteiger partial charge in [-0.2, -0.15) is 0 Å². The largest absolute Gasteiger partial charge is 0.497 e. The maximum absolute atomic E-state index is 6.44. The molecule has 8 heteroatoms. The summed E-state index contributed by atoms with van der Waals surface area (Å²) in [5, 5.41) is 4.92. The fourth-order valence-electron chi connectivity index (χ4n) is 5.68. The van der Waals surface area contributed by atoms with Crippen molar-refractivity contribution in [2.45, 2.75) is 32.9 Å². The second-order valence-corrected chi connectivity index (χ2v) is 11.2. The molecule has 42 heavy (non-hydrogen) atoms. The number of hydrogen-bond donors (Lipinski definition) is 1. The average molecular weight is 595 g/mol. The molecule has 6 rings (SSSR count). The molecule has 1 fully saturated rings. The molecule has 2 aromatic heterocycles. The van der Waals surface area contributed by atoms with Gasteiger partial charge in [-0.25, -0.2) is 0 Å². The lowest BCUT2D eigenvalue weighted by Gasteiger charge is -2.28. The molecule has 0 amide bonds. The second-order valence-electron chi connectivity index (χ2n) is 10.4. The van der Waals surface area contributed by atoms with Crippen LogP contribution in [0.3, 0.4) is 0 Å². The third-order valence-electron chi connectivity index (χ3n) is 7.71. The Morgan fingerprint density at radius 2 is 1.55 bits per heavy atom. The van der Waals surface area contributed by atoms with Crippen LogP contribution in [0.2, 0.25) is 5.02 Å². The van der Waals surface area contributed by atoms with Crippen LogP contribution in [0.25, 0.3) is 5.69 Å². The van der Waals surface area contributed by atoms with Gasteiger partial charge >= 0.3 is 0 Å². The Morgan fingerprint density at radius 1 is 0.857 bits per heavy atom. The maximum Gasteiger partial charge on any atom is 0.174 e. The van der Waals surface area contributed by atoms with Crippen LogP contribution in [0.1, 0.15) is 40.3 Å². The molecule has 2 atom stereocenters.